The second-order valence-electron chi connectivity index (χ2n) is 7.52. The molecule has 2 saturated heterocycles. The van der Waals surface area contributed by atoms with E-state index in [0.29, 0.717) is 15.6 Å². The van der Waals surface area contributed by atoms with Crippen LogP contribution in [0.3, 0.4) is 0 Å². The fourth-order valence-electron chi connectivity index (χ4n) is 3.09. The van der Waals surface area contributed by atoms with E-state index < -0.39 is 29.9 Å². The van der Waals surface area contributed by atoms with E-state index >= 15 is 0 Å². The van der Waals surface area contributed by atoms with E-state index in [0.717, 1.165) is 0 Å². The van der Waals surface area contributed by atoms with Crippen LogP contribution in [0.25, 0.3) is 0 Å². The van der Waals surface area contributed by atoms with Crippen LogP contribution in [0, 0.1) is 0 Å². The summed E-state index contributed by atoms with van der Waals surface area (Å²) in [5, 5.41) is 0.943. The molecular weight excluding hydrogens is 395 g/mol. The summed E-state index contributed by atoms with van der Waals surface area (Å²) in [6.07, 6.45) is -2.21. The van der Waals surface area contributed by atoms with E-state index in [1.54, 1.807) is 45.9 Å². The van der Waals surface area contributed by atoms with Gasteiger partial charge in [-0.05, 0) is 39.8 Å². The summed E-state index contributed by atoms with van der Waals surface area (Å²) < 4.78 is 28.6. The Balaban J connectivity index is 1.77. The summed E-state index contributed by atoms with van der Waals surface area (Å²) in [4.78, 5) is 13.1. The number of rotatable bonds is 6. The fourth-order valence-corrected chi connectivity index (χ4v) is 3.60. The average Bonchev–Trinajstić information content (AvgIpc) is 3.11. The second-order valence-corrected chi connectivity index (χ2v) is 8.33. The summed E-state index contributed by atoms with van der Waals surface area (Å²) in [5.41, 5.74) is 0.612. The predicted octanol–water partition coefficient (Wildman–Crippen LogP) is 3.75. The quantitative estimate of drug-likeness (QED) is 0.700. The van der Waals surface area contributed by atoms with Gasteiger partial charge in [-0.25, -0.2) is 0 Å². The second kappa shape index (κ2) is 7.95. The molecule has 0 bridgehead atoms. The minimum Gasteiger partial charge on any atom is -0.363 e. The highest BCUT2D eigenvalue weighted by atomic mass is 35.5. The van der Waals surface area contributed by atoms with Gasteiger partial charge in [0.05, 0.1) is 19.8 Å². The Labute approximate surface area is 168 Å². The molecule has 1 aromatic rings. The van der Waals surface area contributed by atoms with E-state index in [1.807, 2.05) is 0 Å². The van der Waals surface area contributed by atoms with Crippen molar-refractivity contribution in [2.75, 3.05) is 13.2 Å². The highest BCUT2D eigenvalue weighted by Gasteiger charge is 2.46. The lowest BCUT2D eigenvalue weighted by molar-refractivity contribution is -0.176. The van der Waals surface area contributed by atoms with Gasteiger partial charge in [0, 0.05) is 15.6 Å². The van der Waals surface area contributed by atoms with Crippen LogP contribution >= 0.6 is 23.2 Å². The first kappa shape index (κ1) is 21.0. The summed E-state index contributed by atoms with van der Waals surface area (Å²) in [5.74, 6) is -1.86. The highest BCUT2D eigenvalue weighted by molar-refractivity contribution is 6.35. The molecule has 2 fully saturated rings. The topological polar surface area (TPSA) is 63.2 Å². The van der Waals surface area contributed by atoms with E-state index in [9.17, 15) is 4.79 Å². The number of carbonyl (C=O) groups excluding carboxylic acids is 1. The van der Waals surface area contributed by atoms with Gasteiger partial charge in [0.15, 0.2) is 17.4 Å². The number of ketones is 1. The van der Waals surface area contributed by atoms with Crippen molar-refractivity contribution in [3.8, 4) is 0 Å². The van der Waals surface area contributed by atoms with E-state index in [2.05, 4.69) is 0 Å². The molecule has 3 atom stereocenters. The number of hydrogen-bond donors (Lipinski definition) is 0. The van der Waals surface area contributed by atoms with E-state index in [4.69, 9.17) is 46.9 Å². The molecule has 0 saturated carbocycles. The Kier molecular flexibility index (Phi) is 6.18. The molecule has 27 heavy (non-hydrogen) atoms. The number of Topliss-reactive ketones (excluding diaryl/α,β-unsaturated/α-hetero) is 1. The van der Waals surface area contributed by atoms with Gasteiger partial charge in [0.2, 0.25) is 0 Å². The van der Waals surface area contributed by atoms with Crippen molar-refractivity contribution >= 4 is 29.0 Å². The van der Waals surface area contributed by atoms with E-state index in [1.165, 1.54) is 0 Å². The van der Waals surface area contributed by atoms with Gasteiger partial charge in [-0.3, -0.25) is 4.79 Å². The molecule has 0 spiro atoms. The molecule has 0 aromatic heterocycles. The number of hydrogen-bond acceptors (Lipinski definition) is 6. The summed E-state index contributed by atoms with van der Waals surface area (Å²) >= 11 is 12.4. The van der Waals surface area contributed by atoms with Gasteiger partial charge < -0.3 is 23.7 Å². The zero-order chi connectivity index (χ0) is 19.8. The number of ether oxygens (including phenoxy) is 5. The number of benzene rings is 1. The van der Waals surface area contributed by atoms with Crippen molar-refractivity contribution in [3.63, 3.8) is 0 Å². The molecule has 3 rings (SSSR count). The average molecular weight is 419 g/mol. The van der Waals surface area contributed by atoms with Crippen LogP contribution in [0.5, 0.6) is 0 Å². The van der Waals surface area contributed by atoms with Crippen molar-refractivity contribution in [3.05, 3.63) is 33.8 Å². The third kappa shape index (κ3) is 5.01. The summed E-state index contributed by atoms with van der Waals surface area (Å²) in [6, 6.07) is 5.19. The number of halogens is 2. The normalized spacial score (nSPS) is 27.6. The van der Waals surface area contributed by atoms with Crippen LogP contribution in [0.4, 0.5) is 0 Å². The summed E-state index contributed by atoms with van der Waals surface area (Å²) in [6.45, 7) is 7.56. The Morgan fingerprint density at radius 2 is 1.70 bits per heavy atom. The lowest BCUT2D eigenvalue weighted by Gasteiger charge is -2.26. The Morgan fingerprint density at radius 3 is 2.22 bits per heavy atom. The molecule has 0 radical (unpaired) electrons. The molecule has 2 aliphatic rings. The molecule has 6 nitrogen and oxygen atoms in total. The monoisotopic (exact) mass is 418 g/mol. The third-order valence-corrected chi connectivity index (χ3v) is 5.15. The summed E-state index contributed by atoms with van der Waals surface area (Å²) in [7, 11) is 0. The van der Waals surface area contributed by atoms with Crippen LogP contribution in [-0.4, -0.2) is 48.9 Å². The Hall–Kier alpha value is -0.730. The maximum atomic E-state index is 13.1. The smallest absolute Gasteiger partial charge is 0.195 e. The molecule has 0 aliphatic carbocycles. The van der Waals surface area contributed by atoms with Crippen LogP contribution in [0.1, 0.15) is 33.3 Å². The SMILES string of the molecule is CC1(C)OC[C@H](C(=O)[C@H](OCc2c(Cl)cccc2Cl)[C@H]2COC(C)(C)O2)O1. The molecule has 0 amide bonds. The zero-order valence-corrected chi connectivity index (χ0v) is 17.3. The van der Waals surface area contributed by atoms with Crippen LogP contribution < -0.4 is 0 Å². The number of carbonyl (C=O) groups is 1. The first-order valence-corrected chi connectivity index (χ1v) is 9.55. The lowest BCUT2D eigenvalue weighted by Crippen LogP contribution is -2.45. The van der Waals surface area contributed by atoms with Gasteiger partial charge >= 0.3 is 0 Å². The molecule has 1 aromatic carbocycles. The zero-order valence-electron chi connectivity index (χ0n) is 15.8. The molecule has 8 heteroatoms. The van der Waals surface area contributed by atoms with Gasteiger partial charge in [-0.1, -0.05) is 29.3 Å². The van der Waals surface area contributed by atoms with Gasteiger partial charge in [0.25, 0.3) is 0 Å². The van der Waals surface area contributed by atoms with Crippen molar-refractivity contribution in [1.29, 1.82) is 0 Å². The minimum atomic E-state index is -0.901. The maximum Gasteiger partial charge on any atom is 0.195 e. The van der Waals surface area contributed by atoms with E-state index in [-0.39, 0.29) is 25.6 Å². The molecule has 0 unspecified atom stereocenters. The van der Waals surface area contributed by atoms with Crippen LogP contribution in [0.15, 0.2) is 18.2 Å². The first-order valence-electron chi connectivity index (χ1n) is 8.80. The fraction of sp³-hybridized carbons (Fsp3) is 0.632. The molecule has 2 aliphatic heterocycles. The van der Waals surface area contributed by atoms with Crippen molar-refractivity contribution in [2.45, 2.75) is 64.2 Å². The first-order chi connectivity index (χ1) is 12.6. The molecule has 150 valence electrons. The maximum absolute atomic E-state index is 13.1. The lowest BCUT2D eigenvalue weighted by atomic mass is 10.1. The van der Waals surface area contributed by atoms with Gasteiger partial charge in [-0.15, -0.1) is 0 Å². The van der Waals surface area contributed by atoms with Crippen molar-refractivity contribution < 1.29 is 28.5 Å². The van der Waals surface area contributed by atoms with Crippen LogP contribution in [0.2, 0.25) is 10.0 Å². The Morgan fingerprint density at radius 1 is 1.11 bits per heavy atom. The minimum absolute atomic E-state index is 0.0617. The largest absolute Gasteiger partial charge is 0.363 e. The standard InChI is InChI=1S/C19H24Cl2O6/c1-18(2)24-9-14(26-18)16(22)17(15-10-25-19(3,4)27-15)23-8-11-12(20)6-5-7-13(11)21/h5-7,14-15,17H,8-10H2,1-4H3/t14-,15-,17-/m1/s1. The van der Waals surface area contributed by atoms with Gasteiger partial charge in [0.1, 0.15) is 18.3 Å². The van der Waals surface area contributed by atoms with Crippen LogP contribution in [-0.2, 0) is 35.1 Å². The van der Waals surface area contributed by atoms with Crippen molar-refractivity contribution in [1.82, 2.24) is 0 Å². The molecular formula is C19H24Cl2O6. The van der Waals surface area contributed by atoms with Crippen molar-refractivity contribution in [2.24, 2.45) is 0 Å². The predicted molar refractivity (Wildman–Crippen MR) is 99.9 cm³/mol. The van der Waals surface area contributed by atoms with Gasteiger partial charge in [-0.2, -0.15) is 0 Å². The molecule has 2 heterocycles. The highest BCUT2D eigenvalue weighted by Crippen LogP contribution is 2.31. The Bertz CT molecular complexity index is 685. The third-order valence-electron chi connectivity index (χ3n) is 4.44. The molecule has 0 N–H and O–H groups in total.